The van der Waals surface area contributed by atoms with Crippen LogP contribution in [0.5, 0.6) is 0 Å². The minimum Gasteiger partial charge on any atom is -0.320 e. The summed E-state index contributed by atoms with van der Waals surface area (Å²) in [6.07, 6.45) is 2.49. The molecule has 0 atom stereocenters. The van der Waals surface area contributed by atoms with Gasteiger partial charge in [-0.25, -0.2) is 0 Å². The zero-order valence-electron chi connectivity index (χ0n) is 11.4. The van der Waals surface area contributed by atoms with Crippen molar-refractivity contribution in [2.75, 3.05) is 20.1 Å². The van der Waals surface area contributed by atoms with Crippen LogP contribution in [0.4, 0.5) is 0 Å². The molecule has 0 bridgehead atoms. The molecule has 1 rings (SSSR count). The first-order valence-corrected chi connectivity index (χ1v) is 6.68. The maximum Gasteiger partial charge on any atom is 0.0205 e. The lowest BCUT2D eigenvalue weighted by molar-refractivity contribution is 0.605. The Hall–Kier alpha value is -0.860. The van der Waals surface area contributed by atoms with E-state index in [0.29, 0.717) is 5.92 Å². The van der Waals surface area contributed by atoms with Gasteiger partial charge in [-0.3, -0.25) is 0 Å². The van der Waals surface area contributed by atoms with Crippen LogP contribution in [0.25, 0.3) is 0 Å². The van der Waals surface area contributed by atoms with Crippen molar-refractivity contribution in [3.05, 3.63) is 35.4 Å². The summed E-state index contributed by atoms with van der Waals surface area (Å²) >= 11 is 0. The van der Waals surface area contributed by atoms with Crippen LogP contribution in [0, 0.1) is 0 Å². The molecule has 0 aliphatic heterocycles. The SMILES string of the molecule is CNCCCCNCc1ccc(C(C)C)cc1. The van der Waals surface area contributed by atoms with Gasteiger partial charge in [0.25, 0.3) is 0 Å². The van der Waals surface area contributed by atoms with E-state index in [-0.39, 0.29) is 0 Å². The second-order valence-corrected chi connectivity index (χ2v) is 4.88. The minimum absolute atomic E-state index is 0.624. The minimum atomic E-state index is 0.624. The fraction of sp³-hybridized carbons (Fsp3) is 0.600. The smallest absolute Gasteiger partial charge is 0.0205 e. The van der Waals surface area contributed by atoms with Gasteiger partial charge in [0.05, 0.1) is 0 Å². The molecule has 2 heteroatoms. The summed E-state index contributed by atoms with van der Waals surface area (Å²) in [5.74, 6) is 0.624. The third-order valence-electron chi connectivity index (χ3n) is 3.01. The van der Waals surface area contributed by atoms with Gasteiger partial charge in [0, 0.05) is 6.54 Å². The lowest BCUT2D eigenvalue weighted by Gasteiger charge is -2.08. The fourth-order valence-corrected chi connectivity index (χ4v) is 1.80. The van der Waals surface area contributed by atoms with E-state index in [1.807, 2.05) is 7.05 Å². The number of nitrogens with one attached hydrogen (secondary N) is 2. The quantitative estimate of drug-likeness (QED) is 0.676. The molecule has 1 aromatic rings. The Kier molecular flexibility index (Phi) is 6.90. The second kappa shape index (κ2) is 8.26. The molecule has 0 aliphatic carbocycles. The summed E-state index contributed by atoms with van der Waals surface area (Å²) in [4.78, 5) is 0. The first-order chi connectivity index (χ1) is 8.24. The van der Waals surface area contributed by atoms with Crippen molar-refractivity contribution in [1.29, 1.82) is 0 Å². The number of unbranched alkanes of at least 4 members (excludes halogenated alkanes) is 1. The fourth-order valence-electron chi connectivity index (χ4n) is 1.80. The molecule has 0 heterocycles. The molecule has 2 N–H and O–H groups in total. The van der Waals surface area contributed by atoms with Crippen LogP contribution in [0.15, 0.2) is 24.3 Å². The van der Waals surface area contributed by atoms with Gasteiger partial charge in [0.1, 0.15) is 0 Å². The van der Waals surface area contributed by atoms with Crippen molar-refractivity contribution in [3.63, 3.8) is 0 Å². The molecule has 0 unspecified atom stereocenters. The zero-order chi connectivity index (χ0) is 12.5. The van der Waals surface area contributed by atoms with Crippen LogP contribution in [-0.2, 0) is 6.54 Å². The van der Waals surface area contributed by atoms with Crippen molar-refractivity contribution >= 4 is 0 Å². The summed E-state index contributed by atoms with van der Waals surface area (Å²) in [5, 5.41) is 6.65. The highest BCUT2D eigenvalue weighted by Gasteiger charge is 1.98. The molecule has 0 amide bonds. The van der Waals surface area contributed by atoms with Crippen LogP contribution in [0.1, 0.15) is 43.7 Å². The van der Waals surface area contributed by atoms with E-state index in [4.69, 9.17) is 0 Å². The van der Waals surface area contributed by atoms with E-state index in [9.17, 15) is 0 Å². The predicted molar refractivity (Wildman–Crippen MR) is 75.4 cm³/mol. The van der Waals surface area contributed by atoms with Gasteiger partial charge in [-0.05, 0) is 50.0 Å². The Labute approximate surface area is 106 Å². The Morgan fingerprint density at radius 2 is 1.65 bits per heavy atom. The van der Waals surface area contributed by atoms with Gasteiger partial charge in [0.15, 0.2) is 0 Å². The standard InChI is InChI=1S/C15H26N2/c1-13(2)15-8-6-14(7-9-15)12-17-11-5-4-10-16-3/h6-9,13,16-17H,4-5,10-12H2,1-3H3. The average Bonchev–Trinajstić information content (AvgIpc) is 2.34. The van der Waals surface area contributed by atoms with Crippen molar-refractivity contribution in [2.45, 2.75) is 39.2 Å². The molecule has 2 nitrogen and oxygen atoms in total. The molecule has 0 saturated carbocycles. The molecule has 17 heavy (non-hydrogen) atoms. The highest BCUT2D eigenvalue weighted by Crippen LogP contribution is 2.14. The van der Waals surface area contributed by atoms with Crippen LogP contribution < -0.4 is 10.6 Å². The average molecular weight is 234 g/mol. The number of hydrogen-bond acceptors (Lipinski definition) is 2. The third-order valence-corrected chi connectivity index (χ3v) is 3.01. The van der Waals surface area contributed by atoms with Crippen LogP contribution in [0.3, 0.4) is 0 Å². The van der Waals surface area contributed by atoms with E-state index < -0.39 is 0 Å². The van der Waals surface area contributed by atoms with Crippen molar-refractivity contribution in [1.82, 2.24) is 10.6 Å². The molecular formula is C15H26N2. The first kappa shape index (κ1) is 14.2. The Morgan fingerprint density at radius 3 is 2.24 bits per heavy atom. The van der Waals surface area contributed by atoms with Crippen LogP contribution in [0.2, 0.25) is 0 Å². The van der Waals surface area contributed by atoms with E-state index in [1.54, 1.807) is 0 Å². The molecule has 0 aliphatic rings. The molecule has 0 fully saturated rings. The Balaban J connectivity index is 2.19. The molecule has 1 aromatic carbocycles. The topological polar surface area (TPSA) is 24.1 Å². The van der Waals surface area contributed by atoms with Gasteiger partial charge in [-0.2, -0.15) is 0 Å². The van der Waals surface area contributed by atoms with Crippen molar-refractivity contribution < 1.29 is 0 Å². The summed E-state index contributed by atoms with van der Waals surface area (Å²) in [6, 6.07) is 8.94. The molecule has 0 saturated heterocycles. The second-order valence-electron chi connectivity index (χ2n) is 4.88. The first-order valence-electron chi connectivity index (χ1n) is 6.68. The lowest BCUT2D eigenvalue weighted by Crippen LogP contribution is -2.16. The molecule has 0 aromatic heterocycles. The largest absolute Gasteiger partial charge is 0.320 e. The maximum atomic E-state index is 3.48. The highest BCUT2D eigenvalue weighted by molar-refractivity contribution is 5.24. The summed E-state index contributed by atoms with van der Waals surface area (Å²) < 4.78 is 0. The van der Waals surface area contributed by atoms with E-state index in [1.165, 1.54) is 24.0 Å². The molecular weight excluding hydrogens is 208 g/mol. The molecule has 0 spiro atoms. The van der Waals surface area contributed by atoms with E-state index >= 15 is 0 Å². The maximum absolute atomic E-state index is 3.48. The van der Waals surface area contributed by atoms with Crippen LogP contribution in [-0.4, -0.2) is 20.1 Å². The van der Waals surface area contributed by atoms with Gasteiger partial charge >= 0.3 is 0 Å². The predicted octanol–water partition coefficient (Wildman–Crippen LogP) is 2.90. The van der Waals surface area contributed by atoms with Crippen LogP contribution >= 0.6 is 0 Å². The third kappa shape index (κ3) is 5.85. The number of benzene rings is 1. The summed E-state index contributed by atoms with van der Waals surface area (Å²) in [6.45, 7) is 7.67. The number of rotatable bonds is 8. The van der Waals surface area contributed by atoms with Gasteiger partial charge in [-0.1, -0.05) is 38.1 Å². The summed E-state index contributed by atoms with van der Waals surface area (Å²) in [5.41, 5.74) is 2.80. The Bertz CT molecular complexity index is 290. The molecule has 0 radical (unpaired) electrons. The zero-order valence-corrected chi connectivity index (χ0v) is 11.4. The lowest BCUT2D eigenvalue weighted by atomic mass is 10.0. The van der Waals surface area contributed by atoms with E-state index in [2.05, 4.69) is 48.7 Å². The van der Waals surface area contributed by atoms with Crippen molar-refractivity contribution in [3.8, 4) is 0 Å². The summed E-state index contributed by atoms with van der Waals surface area (Å²) in [7, 11) is 2.00. The monoisotopic (exact) mass is 234 g/mol. The van der Waals surface area contributed by atoms with Crippen molar-refractivity contribution in [2.24, 2.45) is 0 Å². The van der Waals surface area contributed by atoms with Gasteiger partial charge < -0.3 is 10.6 Å². The van der Waals surface area contributed by atoms with E-state index in [0.717, 1.165) is 19.6 Å². The Morgan fingerprint density at radius 1 is 1.00 bits per heavy atom. The molecule has 96 valence electrons. The normalized spacial score (nSPS) is 11.1. The van der Waals surface area contributed by atoms with Gasteiger partial charge in [-0.15, -0.1) is 0 Å². The highest BCUT2D eigenvalue weighted by atomic mass is 14.8. The number of hydrogen-bond donors (Lipinski definition) is 2. The van der Waals surface area contributed by atoms with Gasteiger partial charge in [0.2, 0.25) is 0 Å².